The van der Waals surface area contributed by atoms with Crippen LogP contribution in [-0.4, -0.2) is 60.6 Å². The van der Waals surface area contributed by atoms with Gasteiger partial charge in [0.2, 0.25) is 0 Å². The van der Waals surface area contributed by atoms with Gasteiger partial charge in [0.25, 0.3) is 0 Å². The summed E-state index contributed by atoms with van der Waals surface area (Å²) in [5, 5.41) is 6.39. The standard InChI is InChI=1S/C14H25N3O3/c1-14(2,3)20-13(19)17-8-7-15-9-11(17)12(18)10-5-4-6-16-10/h10-11,15-16H,4-9H2,1-3H3/t10-,11?/m0/s1. The van der Waals surface area contributed by atoms with E-state index in [2.05, 4.69) is 10.6 Å². The molecular formula is C14H25N3O3. The summed E-state index contributed by atoms with van der Waals surface area (Å²) in [6.45, 7) is 8.10. The van der Waals surface area contributed by atoms with Crippen LogP contribution in [0.5, 0.6) is 0 Å². The van der Waals surface area contributed by atoms with E-state index in [-0.39, 0.29) is 11.8 Å². The lowest BCUT2D eigenvalue weighted by Crippen LogP contribution is -2.60. The summed E-state index contributed by atoms with van der Waals surface area (Å²) in [7, 11) is 0. The Morgan fingerprint density at radius 3 is 2.60 bits per heavy atom. The fraction of sp³-hybridized carbons (Fsp3) is 0.857. The quantitative estimate of drug-likeness (QED) is 0.773. The number of ether oxygens (including phenoxy) is 1. The van der Waals surface area contributed by atoms with E-state index in [1.165, 1.54) is 0 Å². The highest BCUT2D eigenvalue weighted by molar-refractivity contribution is 5.92. The first-order valence-corrected chi connectivity index (χ1v) is 7.36. The molecule has 0 aromatic carbocycles. The Bertz CT molecular complexity index is 372. The maximum Gasteiger partial charge on any atom is 0.410 e. The zero-order chi connectivity index (χ0) is 14.8. The second-order valence-corrected chi connectivity index (χ2v) is 6.44. The van der Waals surface area contributed by atoms with Gasteiger partial charge in [-0.25, -0.2) is 4.79 Å². The molecular weight excluding hydrogens is 258 g/mol. The number of amides is 1. The number of Topliss-reactive ketones (excluding diaryl/α,β-unsaturated/α-hetero) is 1. The van der Waals surface area contributed by atoms with Crippen molar-refractivity contribution in [2.24, 2.45) is 0 Å². The SMILES string of the molecule is CC(C)(C)OC(=O)N1CCNCC1C(=O)[C@@H]1CCCN1. The molecule has 2 N–H and O–H groups in total. The average Bonchev–Trinajstić information content (AvgIpc) is 2.89. The van der Waals surface area contributed by atoms with E-state index in [0.717, 1.165) is 19.4 Å². The Morgan fingerprint density at radius 2 is 2.00 bits per heavy atom. The molecule has 2 aliphatic heterocycles. The van der Waals surface area contributed by atoms with E-state index in [9.17, 15) is 9.59 Å². The minimum atomic E-state index is -0.541. The van der Waals surface area contributed by atoms with Crippen molar-refractivity contribution in [1.29, 1.82) is 0 Å². The molecule has 0 aromatic rings. The van der Waals surface area contributed by atoms with Crippen LogP contribution in [0.25, 0.3) is 0 Å². The summed E-state index contributed by atoms with van der Waals surface area (Å²) < 4.78 is 5.41. The molecule has 0 saturated carbocycles. The molecule has 6 nitrogen and oxygen atoms in total. The number of ketones is 1. The van der Waals surface area contributed by atoms with Crippen molar-refractivity contribution in [2.45, 2.75) is 51.3 Å². The lowest BCUT2D eigenvalue weighted by molar-refractivity contribution is -0.126. The van der Waals surface area contributed by atoms with Gasteiger partial charge in [-0.05, 0) is 40.2 Å². The van der Waals surface area contributed by atoms with Crippen LogP contribution in [0, 0.1) is 0 Å². The molecule has 0 aromatic heterocycles. The molecule has 2 saturated heterocycles. The zero-order valence-corrected chi connectivity index (χ0v) is 12.6. The van der Waals surface area contributed by atoms with Gasteiger partial charge in [0.05, 0.1) is 6.04 Å². The largest absolute Gasteiger partial charge is 0.444 e. The molecule has 6 heteroatoms. The molecule has 1 unspecified atom stereocenters. The number of rotatable bonds is 2. The lowest BCUT2D eigenvalue weighted by Gasteiger charge is -2.37. The van der Waals surface area contributed by atoms with Crippen molar-refractivity contribution in [3.05, 3.63) is 0 Å². The second-order valence-electron chi connectivity index (χ2n) is 6.44. The number of carbonyl (C=O) groups is 2. The summed E-state index contributed by atoms with van der Waals surface area (Å²) >= 11 is 0. The smallest absolute Gasteiger partial charge is 0.410 e. The third-order valence-electron chi connectivity index (χ3n) is 3.60. The Morgan fingerprint density at radius 1 is 1.25 bits per heavy atom. The topological polar surface area (TPSA) is 70.7 Å². The van der Waals surface area contributed by atoms with Crippen LogP contribution >= 0.6 is 0 Å². The van der Waals surface area contributed by atoms with E-state index < -0.39 is 17.7 Å². The van der Waals surface area contributed by atoms with Gasteiger partial charge >= 0.3 is 6.09 Å². The van der Waals surface area contributed by atoms with Gasteiger partial charge in [-0.3, -0.25) is 9.69 Å². The lowest BCUT2D eigenvalue weighted by atomic mass is 10.0. The van der Waals surface area contributed by atoms with Gasteiger partial charge in [-0.15, -0.1) is 0 Å². The number of piperazine rings is 1. The molecule has 0 radical (unpaired) electrons. The minimum absolute atomic E-state index is 0.0977. The van der Waals surface area contributed by atoms with Gasteiger partial charge in [-0.1, -0.05) is 0 Å². The Balaban J connectivity index is 2.04. The van der Waals surface area contributed by atoms with Gasteiger partial charge in [0.15, 0.2) is 5.78 Å². The predicted octanol–water partition coefficient (Wildman–Crippen LogP) is 0.516. The molecule has 2 rings (SSSR count). The molecule has 2 aliphatic rings. The summed E-state index contributed by atoms with van der Waals surface area (Å²) in [5.41, 5.74) is -0.541. The van der Waals surface area contributed by atoms with Crippen molar-refractivity contribution < 1.29 is 14.3 Å². The predicted molar refractivity (Wildman–Crippen MR) is 75.6 cm³/mol. The third kappa shape index (κ3) is 3.70. The van der Waals surface area contributed by atoms with Gasteiger partial charge in [0, 0.05) is 19.6 Å². The highest BCUT2D eigenvalue weighted by Crippen LogP contribution is 2.17. The van der Waals surface area contributed by atoms with Crippen LogP contribution in [0.4, 0.5) is 4.79 Å². The molecule has 0 spiro atoms. The summed E-state index contributed by atoms with van der Waals surface area (Å²) in [6.07, 6.45) is 1.48. The van der Waals surface area contributed by atoms with Crippen LogP contribution in [-0.2, 0) is 9.53 Å². The number of nitrogens with one attached hydrogen (secondary N) is 2. The third-order valence-corrected chi connectivity index (χ3v) is 3.60. The van der Waals surface area contributed by atoms with Crippen molar-refractivity contribution in [1.82, 2.24) is 15.5 Å². The minimum Gasteiger partial charge on any atom is -0.444 e. The highest BCUT2D eigenvalue weighted by Gasteiger charge is 2.38. The first kappa shape index (κ1) is 15.3. The normalized spacial score (nSPS) is 27.4. The van der Waals surface area contributed by atoms with Crippen LogP contribution in [0.15, 0.2) is 0 Å². The molecule has 2 heterocycles. The Kier molecular flexibility index (Phi) is 4.65. The number of carbonyl (C=O) groups excluding carboxylic acids is 2. The zero-order valence-electron chi connectivity index (χ0n) is 12.6. The van der Waals surface area contributed by atoms with Gasteiger partial charge in [0.1, 0.15) is 11.6 Å². The monoisotopic (exact) mass is 283 g/mol. The first-order valence-electron chi connectivity index (χ1n) is 7.36. The van der Waals surface area contributed by atoms with E-state index in [0.29, 0.717) is 19.6 Å². The summed E-state index contributed by atoms with van der Waals surface area (Å²) in [4.78, 5) is 26.3. The molecule has 20 heavy (non-hydrogen) atoms. The maximum atomic E-state index is 12.5. The van der Waals surface area contributed by atoms with Crippen LogP contribution in [0.1, 0.15) is 33.6 Å². The van der Waals surface area contributed by atoms with Crippen LogP contribution in [0.3, 0.4) is 0 Å². The van der Waals surface area contributed by atoms with Gasteiger partial charge in [-0.2, -0.15) is 0 Å². The summed E-state index contributed by atoms with van der Waals surface area (Å²) in [6, 6.07) is -0.543. The summed E-state index contributed by atoms with van der Waals surface area (Å²) in [5.74, 6) is 0.0977. The maximum absolute atomic E-state index is 12.5. The van der Waals surface area contributed by atoms with Crippen molar-refractivity contribution in [2.75, 3.05) is 26.2 Å². The first-order chi connectivity index (χ1) is 9.38. The molecule has 0 bridgehead atoms. The molecule has 1 amide bonds. The Hall–Kier alpha value is -1.14. The second kappa shape index (κ2) is 6.10. The van der Waals surface area contributed by atoms with Crippen molar-refractivity contribution in [3.63, 3.8) is 0 Å². The fourth-order valence-electron chi connectivity index (χ4n) is 2.66. The van der Waals surface area contributed by atoms with Crippen LogP contribution < -0.4 is 10.6 Å². The molecule has 2 fully saturated rings. The van der Waals surface area contributed by atoms with E-state index >= 15 is 0 Å². The highest BCUT2D eigenvalue weighted by atomic mass is 16.6. The van der Waals surface area contributed by atoms with E-state index in [4.69, 9.17) is 4.74 Å². The number of hydrogen-bond donors (Lipinski definition) is 2. The molecule has 2 atom stereocenters. The van der Waals surface area contributed by atoms with Gasteiger partial charge < -0.3 is 15.4 Å². The van der Waals surface area contributed by atoms with E-state index in [1.54, 1.807) is 4.90 Å². The fourth-order valence-corrected chi connectivity index (χ4v) is 2.66. The van der Waals surface area contributed by atoms with Crippen molar-refractivity contribution in [3.8, 4) is 0 Å². The van der Waals surface area contributed by atoms with Crippen molar-refractivity contribution >= 4 is 11.9 Å². The Labute approximate surface area is 120 Å². The molecule has 114 valence electrons. The van der Waals surface area contributed by atoms with E-state index in [1.807, 2.05) is 20.8 Å². The average molecular weight is 283 g/mol. The number of nitrogens with zero attached hydrogens (tertiary/aromatic N) is 1. The number of hydrogen-bond acceptors (Lipinski definition) is 5. The molecule has 0 aliphatic carbocycles. The van der Waals surface area contributed by atoms with Crippen LogP contribution in [0.2, 0.25) is 0 Å².